The number of rotatable bonds is 5. The molecule has 32 heavy (non-hydrogen) atoms. The molecular formula is C16H15BCl2F6N6S. The van der Waals surface area contributed by atoms with E-state index in [2.05, 4.69) is 20.1 Å². The van der Waals surface area contributed by atoms with Gasteiger partial charge in [-0.2, -0.15) is 31.4 Å². The molecule has 0 bridgehead atoms. The number of hydrogen-bond acceptors (Lipinski definition) is 4. The predicted octanol–water partition coefficient (Wildman–Crippen LogP) is 5.28. The second-order valence-electron chi connectivity index (χ2n) is 7.22. The fourth-order valence-corrected chi connectivity index (χ4v) is 4.27. The minimum atomic E-state index is -4.73. The van der Waals surface area contributed by atoms with Gasteiger partial charge in [-0.1, -0.05) is 43.0 Å². The maximum Gasteiger partial charge on any atom is 0.446 e. The van der Waals surface area contributed by atoms with Gasteiger partial charge in [0.05, 0.1) is 20.5 Å². The molecule has 174 valence electrons. The van der Waals surface area contributed by atoms with Gasteiger partial charge in [0.2, 0.25) is 6.63 Å². The van der Waals surface area contributed by atoms with E-state index in [0.29, 0.717) is 18.5 Å². The van der Waals surface area contributed by atoms with Gasteiger partial charge in [-0.25, -0.2) is 4.68 Å². The van der Waals surface area contributed by atoms with Crippen molar-refractivity contribution in [3.63, 3.8) is 0 Å². The normalized spacial score (nSPS) is 12.7. The Kier molecular flexibility index (Phi) is 6.78. The third-order valence-corrected chi connectivity index (χ3v) is 5.64. The number of alkyl halides is 6. The van der Waals surface area contributed by atoms with E-state index in [1.807, 2.05) is 13.8 Å². The maximum atomic E-state index is 13.2. The molecule has 0 aliphatic rings. The minimum absolute atomic E-state index is 0.00740. The quantitative estimate of drug-likeness (QED) is 0.355. The molecule has 4 N–H and O–H groups in total. The van der Waals surface area contributed by atoms with E-state index in [1.165, 1.54) is 0 Å². The van der Waals surface area contributed by atoms with Crippen LogP contribution in [0.25, 0.3) is 17.2 Å². The maximum absolute atomic E-state index is 13.2. The molecule has 0 radical (unpaired) electrons. The SMILES string of the molecule is CC(C)C[b-]1[nH]nc(-c2nn(-c3c(Cl)cc(C(F)(F)F)cc3Cl)c(N)c2SC(F)(F)F)[nH+]1. The van der Waals surface area contributed by atoms with Crippen molar-refractivity contribution < 1.29 is 31.2 Å². The zero-order chi connectivity index (χ0) is 24.0. The van der Waals surface area contributed by atoms with E-state index in [4.69, 9.17) is 28.9 Å². The summed E-state index contributed by atoms with van der Waals surface area (Å²) in [6, 6.07) is 1.18. The highest BCUT2D eigenvalue weighted by molar-refractivity contribution is 8.00. The summed E-state index contributed by atoms with van der Waals surface area (Å²) >= 11 is 11.5. The molecule has 6 nitrogen and oxygen atoms in total. The van der Waals surface area contributed by atoms with Crippen molar-refractivity contribution in [1.82, 2.24) is 19.9 Å². The van der Waals surface area contributed by atoms with Crippen LogP contribution >= 0.6 is 35.0 Å². The Morgan fingerprint density at radius 1 is 1.19 bits per heavy atom. The van der Waals surface area contributed by atoms with Crippen LogP contribution in [0.2, 0.25) is 10.0 Å². The Morgan fingerprint density at radius 2 is 1.78 bits per heavy atom. The number of benzene rings is 1. The summed E-state index contributed by atoms with van der Waals surface area (Å²) in [5, 5.41) is 9.83. The van der Waals surface area contributed by atoms with Gasteiger partial charge in [0.1, 0.15) is 11.5 Å². The molecule has 16 heteroatoms. The van der Waals surface area contributed by atoms with Crippen molar-refractivity contribution in [2.24, 2.45) is 5.92 Å². The fourth-order valence-electron chi connectivity index (χ4n) is 2.97. The molecular weight excluding hydrogens is 504 g/mol. The minimum Gasteiger partial charge on any atom is -0.465 e. The molecule has 0 saturated heterocycles. The Morgan fingerprint density at radius 3 is 2.28 bits per heavy atom. The summed E-state index contributed by atoms with van der Waals surface area (Å²) in [6.07, 6.45) is -4.12. The van der Waals surface area contributed by atoms with Crippen molar-refractivity contribution in [2.45, 2.75) is 36.7 Å². The first-order chi connectivity index (χ1) is 14.7. The number of nitrogens with two attached hydrogens (primary N) is 1. The second-order valence-corrected chi connectivity index (χ2v) is 9.11. The molecule has 1 aromatic carbocycles. The van der Waals surface area contributed by atoms with Crippen molar-refractivity contribution in [2.75, 3.05) is 5.73 Å². The van der Waals surface area contributed by atoms with Gasteiger partial charge in [-0.15, -0.1) is 6.32 Å². The van der Waals surface area contributed by atoms with Crippen LogP contribution < -0.4 is 10.6 Å². The van der Waals surface area contributed by atoms with E-state index in [9.17, 15) is 26.3 Å². The molecule has 0 atom stereocenters. The van der Waals surface area contributed by atoms with Crippen molar-refractivity contribution >= 4 is 47.4 Å². The standard InChI is InChI=1S/C16H15BCl2F6N6S/c1-6(2)5-17-27-14(28-30-17)10-12(32-16(23,24)25)13(26)31(29-10)11-8(18)3-7(4-9(11)19)15(20,21)22/h3-4,6,27,30H,5,26H2,1-2H3. The summed E-state index contributed by atoms with van der Waals surface area (Å²) < 4.78 is 79.5. The van der Waals surface area contributed by atoms with Crippen LogP contribution in [0.1, 0.15) is 19.4 Å². The lowest BCUT2D eigenvalue weighted by atomic mass is 9.79. The first-order valence-corrected chi connectivity index (χ1v) is 10.6. The highest BCUT2D eigenvalue weighted by atomic mass is 35.5. The second kappa shape index (κ2) is 8.78. The van der Waals surface area contributed by atoms with Gasteiger partial charge in [0, 0.05) is 0 Å². The Hall–Kier alpha value is -1.93. The van der Waals surface area contributed by atoms with Crippen LogP contribution in [0.15, 0.2) is 17.0 Å². The number of nitrogen functional groups attached to an aromatic ring is 1. The number of nitrogens with one attached hydrogen (secondary N) is 2. The lowest BCUT2D eigenvalue weighted by molar-refractivity contribution is -0.302. The van der Waals surface area contributed by atoms with Gasteiger partial charge in [0.15, 0.2) is 5.69 Å². The first kappa shape index (κ1) is 24.7. The molecule has 3 rings (SSSR count). The number of halogens is 8. The van der Waals surface area contributed by atoms with Crippen LogP contribution in [-0.4, -0.2) is 32.0 Å². The molecule has 0 amide bonds. The topological polar surface area (TPSA) is 86.7 Å². The lowest BCUT2D eigenvalue weighted by Gasteiger charge is -2.13. The van der Waals surface area contributed by atoms with Gasteiger partial charge in [0.25, 0.3) is 5.82 Å². The monoisotopic (exact) mass is 518 g/mol. The summed E-state index contributed by atoms with van der Waals surface area (Å²) in [5.41, 5.74) is -0.479. The summed E-state index contributed by atoms with van der Waals surface area (Å²) in [7, 11) is 0. The lowest BCUT2D eigenvalue weighted by Crippen LogP contribution is -2.25. The number of thioether (sulfide) groups is 1. The van der Waals surface area contributed by atoms with Crippen LogP contribution in [0.3, 0.4) is 0 Å². The molecule has 0 aliphatic heterocycles. The van der Waals surface area contributed by atoms with E-state index in [1.54, 1.807) is 0 Å². The number of H-pyrrole nitrogens is 2. The van der Waals surface area contributed by atoms with Gasteiger partial charge >= 0.3 is 11.7 Å². The van der Waals surface area contributed by atoms with Gasteiger partial charge in [-0.3, -0.25) is 0 Å². The average molecular weight is 519 g/mol. The Balaban J connectivity index is 2.19. The first-order valence-electron chi connectivity index (χ1n) is 8.98. The van der Waals surface area contributed by atoms with Crippen molar-refractivity contribution in [1.29, 1.82) is 0 Å². The molecule has 0 spiro atoms. The van der Waals surface area contributed by atoms with E-state index in [0.717, 1.165) is 4.68 Å². The highest BCUT2D eigenvalue weighted by Crippen LogP contribution is 2.46. The smallest absolute Gasteiger partial charge is 0.446 e. The molecule has 0 fully saturated rings. The Labute approximate surface area is 192 Å². The van der Waals surface area contributed by atoms with Crippen molar-refractivity contribution in [3.8, 4) is 17.2 Å². The third-order valence-electron chi connectivity index (χ3n) is 4.22. The van der Waals surface area contributed by atoms with Gasteiger partial charge in [-0.05, 0) is 29.0 Å². The number of aromatic amines is 2. The number of hydrogen-bond donors (Lipinski definition) is 2. The third kappa shape index (κ3) is 5.34. The summed E-state index contributed by atoms with van der Waals surface area (Å²) in [6.45, 7) is 3.56. The van der Waals surface area contributed by atoms with E-state index >= 15 is 0 Å². The summed E-state index contributed by atoms with van der Waals surface area (Å²) in [5.74, 6) is -0.263. The van der Waals surface area contributed by atoms with E-state index < -0.39 is 49.8 Å². The largest absolute Gasteiger partial charge is 0.465 e. The molecule has 0 aliphatic carbocycles. The molecule has 0 saturated carbocycles. The number of aromatic nitrogens is 5. The zero-order valence-corrected chi connectivity index (χ0v) is 18.7. The molecule has 2 heterocycles. The average Bonchev–Trinajstić information content (AvgIpc) is 3.18. The zero-order valence-electron chi connectivity index (χ0n) is 16.4. The predicted molar refractivity (Wildman–Crippen MR) is 110 cm³/mol. The number of anilines is 1. The van der Waals surface area contributed by atoms with Crippen LogP contribution in [-0.2, 0) is 12.5 Å². The van der Waals surface area contributed by atoms with Crippen LogP contribution in [0, 0.1) is 5.92 Å². The summed E-state index contributed by atoms with van der Waals surface area (Å²) in [4.78, 5) is 2.43. The number of nitrogens with zero attached hydrogens (tertiary/aromatic N) is 3. The van der Waals surface area contributed by atoms with Gasteiger partial charge < -0.3 is 15.6 Å². The fraction of sp³-hybridized carbons (Fsp3) is 0.375. The Bertz CT molecular complexity index is 1120. The molecule has 0 unspecified atom stereocenters. The van der Waals surface area contributed by atoms with Crippen LogP contribution in [0.5, 0.6) is 0 Å². The van der Waals surface area contributed by atoms with E-state index in [-0.39, 0.29) is 29.8 Å². The van der Waals surface area contributed by atoms with Crippen LogP contribution in [0.4, 0.5) is 32.2 Å². The molecule has 2 aromatic heterocycles. The molecule has 3 aromatic rings. The van der Waals surface area contributed by atoms with Crippen molar-refractivity contribution in [3.05, 3.63) is 27.7 Å². The highest BCUT2D eigenvalue weighted by Gasteiger charge is 2.37.